The van der Waals surface area contributed by atoms with Crippen molar-refractivity contribution >= 4 is 16.5 Å². The summed E-state index contributed by atoms with van der Waals surface area (Å²) in [7, 11) is 3.68. The van der Waals surface area contributed by atoms with Crippen LogP contribution in [0.1, 0.15) is 44.6 Å². The van der Waals surface area contributed by atoms with Crippen LogP contribution in [0.25, 0.3) is 16.5 Å². The van der Waals surface area contributed by atoms with Crippen LogP contribution in [0, 0.1) is 11.3 Å². The summed E-state index contributed by atoms with van der Waals surface area (Å²) in [6.45, 7) is 1.95. The molecule has 9 heteroatoms. The topological polar surface area (TPSA) is 78.7 Å². The summed E-state index contributed by atoms with van der Waals surface area (Å²) in [5.74, 6) is -0.192. The number of aliphatic hydroxyl groups excluding tert-OH is 2. The van der Waals surface area contributed by atoms with Gasteiger partial charge in [0.2, 0.25) is 0 Å². The molecule has 0 radical (unpaired) electrons. The SMILES string of the molecule is CN(C)C1CC23CCC4(O2)C(=C(C(F)(F)F)CC2(C)C(c5ccc6ncncc6c5)=CCC24)C=C3C(O)C1O. The molecule has 6 nitrogen and oxygen atoms in total. The molecule has 2 bridgehead atoms. The van der Waals surface area contributed by atoms with Gasteiger partial charge in [-0.05, 0) is 80.6 Å². The molecule has 1 aromatic heterocycles. The number of alkyl halides is 3. The van der Waals surface area contributed by atoms with Crippen molar-refractivity contribution in [3.8, 4) is 0 Å². The zero-order chi connectivity index (χ0) is 27.5. The van der Waals surface area contributed by atoms with Crippen LogP contribution in [0.3, 0.4) is 0 Å². The van der Waals surface area contributed by atoms with Crippen molar-refractivity contribution in [2.75, 3.05) is 14.1 Å². The highest BCUT2D eigenvalue weighted by Gasteiger charge is 2.69. The Bertz CT molecular complexity index is 1480. The van der Waals surface area contributed by atoms with Crippen LogP contribution in [-0.2, 0) is 4.74 Å². The van der Waals surface area contributed by atoms with Crippen molar-refractivity contribution in [1.29, 1.82) is 0 Å². The maximum Gasteiger partial charge on any atom is 0.413 e. The molecule has 2 aromatic rings. The molecule has 2 spiro atoms. The standard InChI is InChI=1S/C30H32F3N3O3/c1-27-12-21(30(31,32)33)19-11-20-25(37)26(38)23(36(2)3)13-28(20)8-9-29(19,39-28)24(27)7-5-18(27)16-4-6-22-17(10-16)14-34-15-35-22/h4-6,10-11,14-15,23-26,37-38H,7-9,12-13H2,1-3H3. The monoisotopic (exact) mass is 539 g/mol. The van der Waals surface area contributed by atoms with Crippen LogP contribution in [0.5, 0.6) is 0 Å². The van der Waals surface area contributed by atoms with Gasteiger partial charge in [0, 0.05) is 34.5 Å². The average Bonchev–Trinajstić information content (AvgIpc) is 3.40. The van der Waals surface area contributed by atoms with E-state index >= 15 is 0 Å². The molecular formula is C30H32F3N3O3. The molecule has 1 aromatic carbocycles. The molecule has 1 saturated carbocycles. The number of likely N-dealkylation sites (N-methyl/N-ethyl adjacent to an activating group) is 1. The van der Waals surface area contributed by atoms with Crippen molar-refractivity contribution < 1.29 is 28.1 Å². The summed E-state index contributed by atoms with van der Waals surface area (Å²) in [5, 5.41) is 22.9. The van der Waals surface area contributed by atoms with Gasteiger partial charge in [-0.1, -0.05) is 25.1 Å². The lowest BCUT2D eigenvalue weighted by Crippen LogP contribution is -2.62. The summed E-state index contributed by atoms with van der Waals surface area (Å²) in [6, 6.07) is 5.43. The molecule has 3 aliphatic carbocycles. The highest BCUT2D eigenvalue weighted by Crippen LogP contribution is 2.70. The van der Waals surface area contributed by atoms with Gasteiger partial charge in [-0.15, -0.1) is 0 Å². The van der Waals surface area contributed by atoms with Crippen molar-refractivity contribution in [2.24, 2.45) is 11.3 Å². The molecule has 39 heavy (non-hydrogen) atoms. The minimum absolute atomic E-state index is 0.150. The maximum absolute atomic E-state index is 14.9. The summed E-state index contributed by atoms with van der Waals surface area (Å²) in [6.07, 6.45) is 1.72. The van der Waals surface area contributed by atoms with Crippen LogP contribution in [0.15, 0.2) is 59.6 Å². The van der Waals surface area contributed by atoms with E-state index in [2.05, 4.69) is 16.0 Å². The molecule has 2 N–H and O–H groups in total. The third-order valence-corrected chi connectivity index (χ3v) is 10.3. The highest BCUT2D eigenvalue weighted by atomic mass is 19.4. The van der Waals surface area contributed by atoms with E-state index in [1.54, 1.807) is 12.3 Å². The fourth-order valence-electron chi connectivity index (χ4n) is 8.53. The largest absolute Gasteiger partial charge is 0.413 e. The van der Waals surface area contributed by atoms with Gasteiger partial charge in [-0.2, -0.15) is 13.2 Å². The van der Waals surface area contributed by atoms with E-state index in [4.69, 9.17) is 4.74 Å². The van der Waals surface area contributed by atoms with E-state index in [-0.39, 0.29) is 24.0 Å². The lowest BCUT2D eigenvalue weighted by atomic mass is 9.56. The molecule has 7 atom stereocenters. The maximum atomic E-state index is 14.9. The molecular weight excluding hydrogens is 507 g/mol. The number of aliphatic hydroxyl groups is 2. The molecule has 5 aliphatic rings. The Labute approximate surface area is 224 Å². The Kier molecular flexibility index (Phi) is 5.20. The van der Waals surface area contributed by atoms with Gasteiger partial charge in [0.15, 0.2) is 0 Å². The van der Waals surface area contributed by atoms with E-state index in [1.807, 2.05) is 44.1 Å². The number of allylic oxidation sites excluding steroid dienone is 3. The number of rotatable bonds is 2. The fraction of sp³-hybridized carbons (Fsp3) is 0.533. The second-order valence-electron chi connectivity index (χ2n) is 12.4. The number of ether oxygens (including phenoxy) is 1. The van der Waals surface area contributed by atoms with E-state index in [0.29, 0.717) is 31.3 Å². The predicted octanol–water partition coefficient (Wildman–Crippen LogP) is 4.59. The summed E-state index contributed by atoms with van der Waals surface area (Å²) in [5.41, 5.74) is -0.286. The molecule has 0 amide bonds. The Morgan fingerprint density at radius 3 is 2.69 bits per heavy atom. The predicted molar refractivity (Wildman–Crippen MR) is 139 cm³/mol. The number of hydrogen-bond acceptors (Lipinski definition) is 6. The Balaban J connectivity index is 1.39. The summed E-state index contributed by atoms with van der Waals surface area (Å²) in [4.78, 5) is 10.3. The zero-order valence-electron chi connectivity index (χ0n) is 22.2. The highest BCUT2D eigenvalue weighted by molar-refractivity contribution is 5.85. The molecule has 1 saturated heterocycles. The molecule has 3 heterocycles. The number of halogens is 3. The van der Waals surface area contributed by atoms with Gasteiger partial charge in [-0.25, -0.2) is 9.97 Å². The molecule has 2 fully saturated rings. The van der Waals surface area contributed by atoms with Gasteiger partial charge in [-0.3, -0.25) is 0 Å². The first kappa shape index (κ1) is 25.4. The minimum atomic E-state index is -4.56. The number of hydrogen-bond donors (Lipinski definition) is 2. The quantitative estimate of drug-likeness (QED) is 0.582. The third kappa shape index (κ3) is 3.30. The number of benzene rings is 1. The number of fused-ring (bicyclic) bond motifs is 2. The smallest absolute Gasteiger partial charge is 0.388 e. The van der Waals surface area contributed by atoms with Gasteiger partial charge < -0.3 is 19.8 Å². The van der Waals surface area contributed by atoms with E-state index in [1.165, 1.54) is 6.33 Å². The molecule has 7 rings (SSSR count). The average molecular weight is 540 g/mol. The molecule has 206 valence electrons. The van der Waals surface area contributed by atoms with Gasteiger partial charge in [0.25, 0.3) is 0 Å². The van der Waals surface area contributed by atoms with Gasteiger partial charge >= 0.3 is 6.18 Å². The minimum Gasteiger partial charge on any atom is -0.388 e. The van der Waals surface area contributed by atoms with Crippen LogP contribution >= 0.6 is 0 Å². The van der Waals surface area contributed by atoms with Crippen molar-refractivity contribution in [3.05, 3.63) is 65.2 Å². The van der Waals surface area contributed by atoms with E-state index < -0.39 is 40.6 Å². The molecule has 7 unspecified atom stereocenters. The Morgan fingerprint density at radius 2 is 1.95 bits per heavy atom. The van der Waals surface area contributed by atoms with Gasteiger partial charge in [0.1, 0.15) is 12.4 Å². The van der Waals surface area contributed by atoms with Crippen LogP contribution in [0.4, 0.5) is 13.2 Å². The second-order valence-corrected chi connectivity index (χ2v) is 12.4. The first-order valence-electron chi connectivity index (χ1n) is 13.6. The number of nitrogens with zero attached hydrogens (tertiary/aromatic N) is 3. The van der Waals surface area contributed by atoms with Crippen molar-refractivity contribution in [1.82, 2.24) is 14.9 Å². The zero-order valence-corrected chi connectivity index (χ0v) is 22.2. The normalized spacial score (nSPS) is 39.4. The lowest BCUT2D eigenvalue weighted by Gasteiger charge is -2.57. The molecule has 2 aliphatic heterocycles. The Hall–Kier alpha value is -2.59. The third-order valence-electron chi connectivity index (χ3n) is 10.3. The van der Waals surface area contributed by atoms with Gasteiger partial charge in [0.05, 0.1) is 22.8 Å². The van der Waals surface area contributed by atoms with E-state index in [0.717, 1.165) is 22.0 Å². The Morgan fingerprint density at radius 1 is 1.15 bits per heavy atom. The van der Waals surface area contributed by atoms with Crippen LogP contribution in [-0.4, -0.2) is 74.8 Å². The van der Waals surface area contributed by atoms with E-state index in [9.17, 15) is 23.4 Å². The fourth-order valence-corrected chi connectivity index (χ4v) is 8.53. The van der Waals surface area contributed by atoms with Crippen LogP contribution in [0.2, 0.25) is 0 Å². The second kappa shape index (κ2) is 8.00. The van der Waals surface area contributed by atoms with Crippen LogP contribution < -0.4 is 0 Å². The number of aromatic nitrogens is 2. The summed E-state index contributed by atoms with van der Waals surface area (Å²) >= 11 is 0. The lowest BCUT2D eigenvalue weighted by molar-refractivity contribution is -0.170. The summed E-state index contributed by atoms with van der Waals surface area (Å²) < 4.78 is 51.6. The van der Waals surface area contributed by atoms with Crippen molar-refractivity contribution in [2.45, 2.75) is 74.7 Å². The van der Waals surface area contributed by atoms with Crippen molar-refractivity contribution in [3.63, 3.8) is 0 Å². The first-order valence-corrected chi connectivity index (χ1v) is 13.6. The first-order chi connectivity index (χ1) is 18.4.